The van der Waals surface area contributed by atoms with Gasteiger partial charge >= 0.3 is 0 Å². The molecule has 0 aromatic carbocycles. The van der Waals surface area contributed by atoms with E-state index in [4.69, 9.17) is 11.5 Å². The second kappa shape index (κ2) is 6.73. The number of primary amides is 1. The van der Waals surface area contributed by atoms with Crippen LogP contribution in [-0.4, -0.2) is 35.3 Å². The fraction of sp³-hybridized carbons (Fsp3) is 0.846. The zero-order chi connectivity index (χ0) is 13.7. The lowest BCUT2D eigenvalue weighted by atomic mass is 9.82. The third-order valence-electron chi connectivity index (χ3n) is 3.67. The van der Waals surface area contributed by atoms with Gasteiger partial charge in [-0.1, -0.05) is 12.8 Å². The summed E-state index contributed by atoms with van der Waals surface area (Å²) in [7, 11) is 0. The Kier molecular flexibility index (Phi) is 5.59. The first kappa shape index (κ1) is 15.0. The van der Waals surface area contributed by atoms with Gasteiger partial charge in [-0.15, -0.1) is 0 Å². The van der Waals surface area contributed by atoms with Gasteiger partial charge in [0.05, 0.1) is 6.54 Å². The van der Waals surface area contributed by atoms with E-state index in [0.717, 1.165) is 25.7 Å². The Morgan fingerprint density at radius 1 is 1.28 bits per heavy atom. The van der Waals surface area contributed by atoms with Crippen molar-refractivity contribution < 1.29 is 9.59 Å². The number of rotatable bonds is 5. The molecule has 1 saturated carbocycles. The van der Waals surface area contributed by atoms with Crippen molar-refractivity contribution in [1.82, 2.24) is 4.90 Å². The summed E-state index contributed by atoms with van der Waals surface area (Å²) in [4.78, 5) is 24.7. The van der Waals surface area contributed by atoms with Crippen LogP contribution in [0.3, 0.4) is 0 Å². The molecule has 4 N–H and O–H groups in total. The summed E-state index contributed by atoms with van der Waals surface area (Å²) in [5, 5.41) is 0. The minimum absolute atomic E-state index is 0.00153. The summed E-state index contributed by atoms with van der Waals surface area (Å²) < 4.78 is 0. The Hall–Kier alpha value is -1.10. The van der Waals surface area contributed by atoms with E-state index in [-0.39, 0.29) is 30.5 Å². The molecule has 2 atom stereocenters. The van der Waals surface area contributed by atoms with Gasteiger partial charge in [-0.05, 0) is 32.6 Å². The second-order valence-corrected chi connectivity index (χ2v) is 5.49. The van der Waals surface area contributed by atoms with Gasteiger partial charge in [0.2, 0.25) is 11.8 Å². The number of amides is 2. The Balaban J connectivity index is 2.57. The van der Waals surface area contributed by atoms with Crippen molar-refractivity contribution in [3.05, 3.63) is 0 Å². The van der Waals surface area contributed by atoms with Crippen LogP contribution in [0.2, 0.25) is 0 Å². The summed E-state index contributed by atoms with van der Waals surface area (Å²) in [6.45, 7) is 3.78. The third kappa shape index (κ3) is 4.29. The topological polar surface area (TPSA) is 89.4 Å². The number of nitrogens with zero attached hydrogens (tertiary/aromatic N) is 1. The van der Waals surface area contributed by atoms with Gasteiger partial charge in [0.15, 0.2) is 0 Å². The maximum atomic E-state index is 12.2. The molecule has 18 heavy (non-hydrogen) atoms. The van der Waals surface area contributed by atoms with Crippen LogP contribution in [0.15, 0.2) is 0 Å². The monoisotopic (exact) mass is 255 g/mol. The molecule has 2 amide bonds. The fourth-order valence-electron chi connectivity index (χ4n) is 2.56. The highest BCUT2D eigenvalue weighted by Gasteiger charge is 2.27. The summed E-state index contributed by atoms with van der Waals surface area (Å²) in [5.74, 6) is -0.225. The Bertz CT molecular complexity index is 305. The van der Waals surface area contributed by atoms with Crippen molar-refractivity contribution in [2.24, 2.45) is 17.4 Å². The minimum atomic E-state index is -0.468. The molecule has 1 rings (SSSR count). The van der Waals surface area contributed by atoms with Gasteiger partial charge < -0.3 is 16.4 Å². The van der Waals surface area contributed by atoms with Crippen molar-refractivity contribution in [3.63, 3.8) is 0 Å². The molecular formula is C13H25N3O2. The molecule has 0 aromatic rings. The molecule has 0 aliphatic heterocycles. The van der Waals surface area contributed by atoms with Crippen LogP contribution >= 0.6 is 0 Å². The Morgan fingerprint density at radius 2 is 1.89 bits per heavy atom. The van der Waals surface area contributed by atoms with Gasteiger partial charge in [-0.2, -0.15) is 0 Å². The zero-order valence-corrected chi connectivity index (χ0v) is 11.4. The third-order valence-corrected chi connectivity index (χ3v) is 3.67. The smallest absolute Gasteiger partial charge is 0.237 e. The van der Waals surface area contributed by atoms with E-state index in [9.17, 15) is 9.59 Å². The predicted octanol–water partition coefficient (Wildman–Crippen LogP) is 0.616. The van der Waals surface area contributed by atoms with Crippen LogP contribution in [0.25, 0.3) is 0 Å². The van der Waals surface area contributed by atoms with E-state index in [1.807, 2.05) is 13.8 Å². The van der Waals surface area contributed by atoms with Crippen LogP contribution in [0.1, 0.15) is 46.0 Å². The maximum Gasteiger partial charge on any atom is 0.237 e. The number of hydrogen-bond donors (Lipinski definition) is 2. The van der Waals surface area contributed by atoms with Crippen molar-refractivity contribution >= 4 is 11.8 Å². The van der Waals surface area contributed by atoms with Crippen molar-refractivity contribution in [3.8, 4) is 0 Å². The van der Waals surface area contributed by atoms with E-state index < -0.39 is 5.91 Å². The quantitative estimate of drug-likeness (QED) is 0.754. The second-order valence-electron chi connectivity index (χ2n) is 5.49. The molecule has 1 fully saturated rings. The molecule has 104 valence electrons. The minimum Gasteiger partial charge on any atom is -0.368 e. The molecule has 1 aliphatic rings. The van der Waals surface area contributed by atoms with Crippen LogP contribution in [0, 0.1) is 5.92 Å². The molecule has 0 aromatic heterocycles. The van der Waals surface area contributed by atoms with Crippen LogP contribution in [0.4, 0.5) is 0 Å². The van der Waals surface area contributed by atoms with Crippen LogP contribution in [0.5, 0.6) is 0 Å². The van der Waals surface area contributed by atoms with Crippen LogP contribution < -0.4 is 11.5 Å². The van der Waals surface area contributed by atoms with Gasteiger partial charge in [0, 0.05) is 18.5 Å². The van der Waals surface area contributed by atoms with Crippen molar-refractivity contribution in [2.45, 2.75) is 58.0 Å². The zero-order valence-electron chi connectivity index (χ0n) is 11.4. The number of hydrogen-bond acceptors (Lipinski definition) is 3. The molecule has 1 aliphatic carbocycles. The van der Waals surface area contributed by atoms with Gasteiger partial charge in [0.25, 0.3) is 0 Å². The maximum absolute atomic E-state index is 12.2. The molecule has 0 heterocycles. The summed E-state index contributed by atoms with van der Waals surface area (Å²) in [6, 6.07) is 0.107. The molecule has 0 spiro atoms. The van der Waals surface area contributed by atoms with Gasteiger partial charge in [-0.25, -0.2) is 0 Å². The van der Waals surface area contributed by atoms with Gasteiger partial charge in [-0.3, -0.25) is 9.59 Å². The lowest BCUT2D eigenvalue weighted by Crippen LogP contribution is -2.45. The molecule has 5 nitrogen and oxygen atoms in total. The first-order valence-corrected chi connectivity index (χ1v) is 6.75. The van der Waals surface area contributed by atoms with E-state index in [1.54, 1.807) is 4.90 Å². The number of carbonyl (C=O) groups is 2. The van der Waals surface area contributed by atoms with Gasteiger partial charge in [0.1, 0.15) is 0 Å². The van der Waals surface area contributed by atoms with E-state index in [1.165, 1.54) is 0 Å². The lowest BCUT2D eigenvalue weighted by Gasteiger charge is -2.31. The Morgan fingerprint density at radius 3 is 2.39 bits per heavy atom. The summed E-state index contributed by atoms with van der Waals surface area (Å²) in [5.41, 5.74) is 11.2. The van der Waals surface area contributed by atoms with Crippen molar-refractivity contribution in [2.75, 3.05) is 6.54 Å². The fourth-order valence-corrected chi connectivity index (χ4v) is 2.56. The molecule has 5 heteroatoms. The number of nitrogens with two attached hydrogens (primary N) is 2. The predicted molar refractivity (Wildman–Crippen MR) is 70.6 cm³/mol. The van der Waals surface area contributed by atoms with E-state index in [0.29, 0.717) is 6.42 Å². The standard InChI is InChI=1S/C13H25N3O2/c1-9(2)16(8-12(15)17)13(18)7-10-5-3-4-6-11(10)14/h9-11H,3-8,14H2,1-2H3,(H2,15,17). The molecule has 0 radical (unpaired) electrons. The highest BCUT2D eigenvalue weighted by atomic mass is 16.2. The average Bonchev–Trinajstić information content (AvgIpc) is 2.28. The molecule has 0 saturated heterocycles. The summed E-state index contributed by atoms with van der Waals surface area (Å²) >= 11 is 0. The molecular weight excluding hydrogens is 230 g/mol. The first-order chi connectivity index (χ1) is 8.41. The lowest BCUT2D eigenvalue weighted by molar-refractivity contribution is -0.138. The largest absolute Gasteiger partial charge is 0.368 e. The number of carbonyl (C=O) groups excluding carboxylic acids is 2. The average molecular weight is 255 g/mol. The highest BCUT2D eigenvalue weighted by molar-refractivity contribution is 5.84. The molecule has 2 unspecified atom stereocenters. The first-order valence-electron chi connectivity index (χ1n) is 6.75. The van der Waals surface area contributed by atoms with Crippen molar-refractivity contribution in [1.29, 1.82) is 0 Å². The SMILES string of the molecule is CC(C)N(CC(N)=O)C(=O)CC1CCCCC1N. The molecule has 0 bridgehead atoms. The Labute approximate surface area is 109 Å². The highest BCUT2D eigenvalue weighted by Crippen LogP contribution is 2.26. The van der Waals surface area contributed by atoms with E-state index >= 15 is 0 Å². The van der Waals surface area contributed by atoms with Crippen LogP contribution in [-0.2, 0) is 9.59 Å². The van der Waals surface area contributed by atoms with E-state index in [2.05, 4.69) is 0 Å². The normalized spacial score (nSPS) is 24.0. The summed E-state index contributed by atoms with van der Waals surface area (Å²) in [6.07, 6.45) is 4.74.